The van der Waals surface area contributed by atoms with E-state index in [1.807, 2.05) is 43.0 Å². The molecule has 1 aromatic rings. The molecule has 0 aliphatic carbocycles. The average molecular weight is 279 g/mol. The van der Waals surface area contributed by atoms with Crippen molar-refractivity contribution in [1.29, 1.82) is 0 Å². The van der Waals surface area contributed by atoms with Crippen molar-refractivity contribution in [3.63, 3.8) is 0 Å². The van der Waals surface area contributed by atoms with E-state index < -0.39 is 0 Å². The van der Waals surface area contributed by atoms with Gasteiger partial charge in [-0.2, -0.15) is 0 Å². The van der Waals surface area contributed by atoms with Crippen LogP contribution in [-0.4, -0.2) is 43.1 Å². The van der Waals surface area contributed by atoms with Gasteiger partial charge in [0.25, 0.3) is 0 Å². The number of nitrogens with two attached hydrogens (primary N) is 2. The summed E-state index contributed by atoms with van der Waals surface area (Å²) in [5, 5.41) is 0. The molecule has 0 aliphatic heterocycles. The van der Waals surface area contributed by atoms with Crippen LogP contribution in [0.1, 0.15) is 19.4 Å². The van der Waals surface area contributed by atoms with Gasteiger partial charge in [-0.3, -0.25) is 9.69 Å². The van der Waals surface area contributed by atoms with E-state index >= 15 is 0 Å². The van der Waals surface area contributed by atoms with Gasteiger partial charge in [0, 0.05) is 12.6 Å². The highest BCUT2D eigenvalue weighted by Gasteiger charge is 2.11. The van der Waals surface area contributed by atoms with E-state index in [-0.39, 0.29) is 18.5 Å². The van der Waals surface area contributed by atoms with Gasteiger partial charge in [0.1, 0.15) is 12.4 Å². The molecule has 0 bridgehead atoms. The number of carbonyl (C=O) groups excluding carboxylic acids is 1. The maximum atomic E-state index is 11.0. The third kappa shape index (κ3) is 6.04. The number of carbonyl (C=O) groups is 1. The molecule has 0 fully saturated rings. The topological polar surface area (TPSA) is 81.6 Å². The normalized spacial score (nSPS) is 11.1. The lowest BCUT2D eigenvalue weighted by atomic mass is 10.1. The number of hydrogen-bond acceptors (Lipinski definition) is 4. The Hall–Kier alpha value is -1.59. The lowest BCUT2D eigenvalue weighted by Gasteiger charge is -2.24. The first-order valence-electron chi connectivity index (χ1n) is 6.97. The lowest BCUT2D eigenvalue weighted by Crippen LogP contribution is -2.40. The van der Waals surface area contributed by atoms with Gasteiger partial charge in [-0.25, -0.2) is 0 Å². The lowest BCUT2D eigenvalue weighted by molar-refractivity contribution is -0.119. The van der Waals surface area contributed by atoms with Crippen LogP contribution in [0.15, 0.2) is 24.3 Å². The largest absolute Gasteiger partial charge is 0.492 e. The van der Waals surface area contributed by atoms with Crippen LogP contribution in [0.5, 0.6) is 5.75 Å². The van der Waals surface area contributed by atoms with Crippen LogP contribution in [0.3, 0.4) is 0 Å². The van der Waals surface area contributed by atoms with Crippen molar-refractivity contribution in [3.05, 3.63) is 29.8 Å². The molecule has 1 rings (SSSR count). The summed E-state index contributed by atoms with van der Waals surface area (Å²) in [6.07, 6.45) is 0.875. The Kier molecular flexibility index (Phi) is 7.04. The van der Waals surface area contributed by atoms with Crippen LogP contribution in [-0.2, 0) is 11.2 Å². The van der Waals surface area contributed by atoms with Crippen molar-refractivity contribution in [2.24, 2.45) is 11.5 Å². The number of benzene rings is 1. The smallest absolute Gasteiger partial charge is 0.231 e. The summed E-state index contributed by atoms with van der Waals surface area (Å²) >= 11 is 0. The molecule has 0 radical (unpaired) electrons. The quantitative estimate of drug-likeness (QED) is 0.699. The van der Waals surface area contributed by atoms with Crippen LogP contribution in [0, 0.1) is 0 Å². The monoisotopic (exact) mass is 279 g/mol. The van der Waals surface area contributed by atoms with Gasteiger partial charge in [-0.15, -0.1) is 0 Å². The van der Waals surface area contributed by atoms with Gasteiger partial charge >= 0.3 is 0 Å². The predicted molar refractivity (Wildman–Crippen MR) is 80.6 cm³/mol. The van der Waals surface area contributed by atoms with Crippen molar-refractivity contribution >= 4 is 5.91 Å². The van der Waals surface area contributed by atoms with Crippen LogP contribution in [0.4, 0.5) is 0 Å². The fraction of sp³-hybridized carbons (Fsp3) is 0.533. The zero-order valence-electron chi connectivity index (χ0n) is 12.3. The number of hydrogen-bond donors (Lipinski definition) is 2. The molecule has 5 heteroatoms. The fourth-order valence-electron chi connectivity index (χ4n) is 1.92. The second-order valence-corrected chi connectivity index (χ2v) is 5.06. The number of nitrogens with zero attached hydrogens (tertiary/aromatic N) is 1. The van der Waals surface area contributed by atoms with E-state index in [0.29, 0.717) is 19.7 Å². The Labute approximate surface area is 120 Å². The summed E-state index contributed by atoms with van der Waals surface area (Å²) in [6, 6.07) is 8.19. The Morgan fingerprint density at radius 1 is 1.30 bits per heavy atom. The first kappa shape index (κ1) is 16.5. The summed E-state index contributed by atoms with van der Waals surface area (Å²) in [6.45, 7) is 6.18. The molecule has 0 aromatic heterocycles. The van der Waals surface area contributed by atoms with Crippen molar-refractivity contribution in [3.8, 4) is 5.75 Å². The maximum Gasteiger partial charge on any atom is 0.231 e. The predicted octanol–water partition coefficient (Wildman–Crippen LogP) is 0.762. The molecular formula is C15H25N3O2. The van der Waals surface area contributed by atoms with Gasteiger partial charge in [-0.1, -0.05) is 12.1 Å². The minimum atomic E-state index is -0.315. The SMILES string of the molecule is CC(C)N(CCOc1ccc(CCN)cc1)CC(N)=O. The molecule has 1 aromatic carbocycles. The highest BCUT2D eigenvalue weighted by molar-refractivity contribution is 5.75. The summed E-state index contributed by atoms with van der Waals surface area (Å²) in [5.41, 5.74) is 11.9. The van der Waals surface area contributed by atoms with Crippen LogP contribution in [0.2, 0.25) is 0 Å². The zero-order valence-corrected chi connectivity index (χ0v) is 12.3. The van der Waals surface area contributed by atoms with Crippen molar-refractivity contribution in [2.75, 3.05) is 26.2 Å². The maximum absolute atomic E-state index is 11.0. The number of amides is 1. The van der Waals surface area contributed by atoms with Crippen LogP contribution >= 0.6 is 0 Å². The van der Waals surface area contributed by atoms with Gasteiger partial charge in [0.2, 0.25) is 5.91 Å². The summed E-state index contributed by atoms with van der Waals surface area (Å²) < 4.78 is 5.68. The minimum absolute atomic E-state index is 0.260. The summed E-state index contributed by atoms with van der Waals surface area (Å²) in [4.78, 5) is 13.0. The Morgan fingerprint density at radius 3 is 2.45 bits per heavy atom. The molecule has 0 spiro atoms. The molecular weight excluding hydrogens is 254 g/mol. The van der Waals surface area contributed by atoms with E-state index in [2.05, 4.69) is 0 Å². The van der Waals surface area contributed by atoms with E-state index in [1.165, 1.54) is 5.56 Å². The molecule has 112 valence electrons. The standard InChI is InChI=1S/C15H25N3O2/c1-12(2)18(11-15(17)19)9-10-20-14-5-3-13(4-6-14)7-8-16/h3-6,12H,7-11,16H2,1-2H3,(H2,17,19). The Balaban J connectivity index is 2.40. The van der Waals surface area contributed by atoms with Gasteiger partial charge in [0.05, 0.1) is 6.54 Å². The van der Waals surface area contributed by atoms with E-state index in [1.54, 1.807) is 0 Å². The molecule has 1 amide bonds. The molecule has 4 N–H and O–H groups in total. The summed E-state index contributed by atoms with van der Waals surface area (Å²) in [7, 11) is 0. The van der Waals surface area contributed by atoms with Crippen molar-refractivity contribution in [1.82, 2.24) is 4.90 Å². The first-order chi connectivity index (χ1) is 9.52. The number of rotatable bonds is 9. The molecule has 0 aliphatic rings. The molecule has 0 saturated carbocycles. The molecule has 0 unspecified atom stereocenters. The van der Waals surface area contributed by atoms with E-state index in [4.69, 9.17) is 16.2 Å². The first-order valence-corrected chi connectivity index (χ1v) is 6.97. The van der Waals surface area contributed by atoms with Crippen LogP contribution < -0.4 is 16.2 Å². The second-order valence-electron chi connectivity index (χ2n) is 5.06. The fourth-order valence-corrected chi connectivity index (χ4v) is 1.92. The summed E-state index contributed by atoms with van der Waals surface area (Å²) in [5.74, 6) is 0.512. The Bertz CT molecular complexity index is 404. The van der Waals surface area contributed by atoms with Crippen LogP contribution in [0.25, 0.3) is 0 Å². The third-order valence-electron chi connectivity index (χ3n) is 3.09. The third-order valence-corrected chi connectivity index (χ3v) is 3.09. The van der Waals surface area contributed by atoms with E-state index in [9.17, 15) is 4.79 Å². The molecule has 5 nitrogen and oxygen atoms in total. The average Bonchev–Trinajstić information content (AvgIpc) is 2.39. The molecule has 0 saturated heterocycles. The molecule has 0 heterocycles. The highest BCUT2D eigenvalue weighted by Crippen LogP contribution is 2.12. The molecule has 0 atom stereocenters. The second kappa shape index (κ2) is 8.55. The van der Waals surface area contributed by atoms with Gasteiger partial charge in [0.15, 0.2) is 0 Å². The van der Waals surface area contributed by atoms with Crippen molar-refractivity contribution < 1.29 is 9.53 Å². The minimum Gasteiger partial charge on any atom is -0.492 e. The highest BCUT2D eigenvalue weighted by atomic mass is 16.5. The zero-order chi connectivity index (χ0) is 15.0. The van der Waals surface area contributed by atoms with Gasteiger partial charge in [-0.05, 0) is 44.5 Å². The van der Waals surface area contributed by atoms with Crippen molar-refractivity contribution in [2.45, 2.75) is 26.3 Å². The molecule has 20 heavy (non-hydrogen) atoms. The number of ether oxygens (including phenoxy) is 1. The Morgan fingerprint density at radius 2 is 1.95 bits per heavy atom. The van der Waals surface area contributed by atoms with Gasteiger partial charge < -0.3 is 16.2 Å². The van der Waals surface area contributed by atoms with E-state index in [0.717, 1.165) is 12.2 Å². The number of primary amides is 1.